The highest BCUT2D eigenvalue weighted by molar-refractivity contribution is 6.20. The van der Waals surface area contributed by atoms with Crippen LogP contribution in [-0.2, 0) is 5.41 Å². The molecule has 2 nitrogen and oxygen atoms in total. The van der Waals surface area contributed by atoms with Crippen LogP contribution < -0.4 is 9.80 Å². The largest absolute Gasteiger partial charge is 0.310 e. The average Bonchev–Trinajstić information content (AvgIpc) is 3.64. The van der Waals surface area contributed by atoms with E-state index in [-0.39, 0.29) is 0 Å². The van der Waals surface area contributed by atoms with Gasteiger partial charge in [-0.3, -0.25) is 0 Å². The predicted molar refractivity (Wildman–Crippen MR) is 297 cm³/mol. The minimum Gasteiger partial charge on any atom is -0.310 e. The summed E-state index contributed by atoms with van der Waals surface area (Å²) in [6.45, 7) is 0. The van der Waals surface area contributed by atoms with E-state index in [4.69, 9.17) is 0 Å². The van der Waals surface area contributed by atoms with Crippen molar-refractivity contribution in [3.8, 4) is 55.6 Å². The third-order valence-electron chi connectivity index (χ3n) is 15.6. The first-order valence-corrected chi connectivity index (χ1v) is 24.7. The third kappa shape index (κ3) is 5.59. The van der Waals surface area contributed by atoms with Crippen LogP contribution in [0.1, 0.15) is 22.3 Å². The summed E-state index contributed by atoms with van der Waals surface area (Å²) in [5.41, 5.74) is 23.6. The highest BCUT2D eigenvalue weighted by Gasteiger charge is 2.51. The molecular formula is C69H44N2. The molecule has 0 fully saturated rings. The maximum Gasteiger partial charge on any atom is 0.0732 e. The first-order chi connectivity index (χ1) is 35.3. The standard InChI is InChI=1S/C69H44N2/c1-3-21-45(22-4-1)70(47-39-41-53-56-30-15-19-37-65(56)71(46-23-5-2-6-24-46)66-38-20-16-31-57(66)61(53)43-47)48-40-42-55-50-26-8-7-25-49(50)54-29-13-17-35-62(54)69(64(55)44-48)63-36-18-14-34-60(63)67-58-32-11-9-27-51(58)52-28-10-12-33-59(52)68(67)69/h1-44H. The van der Waals surface area contributed by atoms with E-state index in [0.29, 0.717) is 0 Å². The molecule has 0 saturated heterocycles. The van der Waals surface area contributed by atoms with Crippen LogP contribution in [0.3, 0.4) is 0 Å². The van der Waals surface area contributed by atoms with E-state index in [9.17, 15) is 0 Å². The van der Waals surface area contributed by atoms with Crippen molar-refractivity contribution in [3.05, 3.63) is 289 Å². The molecule has 1 spiro atoms. The second kappa shape index (κ2) is 15.4. The van der Waals surface area contributed by atoms with E-state index >= 15 is 0 Å². The zero-order chi connectivity index (χ0) is 46.6. The average molecular weight is 901 g/mol. The molecular weight excluding hydrogens is 857 g/mol. The van der Waals surface area contributed by atoms with Crippen LogP contribution in [0.15, 0.2) is 267 Å². The normalized spacial score (nSPS) is 14.5. The van der Waals surface area contributed by atoms with Crippen molar-refractivity contribution in [3.63, 3.8) is 0 Å². The molecule has 0 aromatic heterocycles. The summed E-state index contributed by atoms with van der Waals surface area (Å²) in [4.78, 5) is 4.90. The van der Waals surface area contributed by atoms with Gasteiger partial charge in [-0.25, -0.2) is 0 Å². The van der Waals surface area contributed by atoms with Gasteiger partial charge < -0.3 is 9.80 Å². The molecule has 15 rings (SSSR count). The minimum atomic E-state index is -0.698. The maximum atomic E-state index is 2.54. The van der Waals surface area contributed by atoms with Gasteiger partial charge in [0, 0.05) is 33.9 Å². The second-order valence-electron chi connectivity index (χ2n) is 19.1. The molecule has 0 N–H and O–H groups in total. The molecule has 1 heterocycles. The van der Waals surface area contributed by atoms with Crippen LogP contribution in [0.25, 0.3) is 77.2 Å². The first-order valence-electron chi connectivity index (χ1n) is 24.7. The number of anilines is 6. The Morgan fingerprint density at radius 2 is 0.704 bits per heavy atom. The molecule has 0 bridgehead atoms. The van der Waals surface area contributed by atoms with Gasteiger partial charge in [-0.2, -0.15) is 0 Å². The number of hydrogen-bond acceptors (Lipinski definition) is 2. The van der Waals surface area contributed by atoms with Gasteiger partial charge in [0.25, 0.3) is 0 Å². The molecule has 1 atom stereocenters. The van der Waals surface area contributed by atoms with Crippen molar-refractivity contribution in [1.82, 2.24) is 0 Å². The third-order valence-corrected chi connectivity index (χ3v) is 15.6. The van der Waals surface area contributed by atoms with Gasteiger partial charge in [-0.15, -0.1) is 0 Å². The Kier molecular flexibility index (Phi) is 8.61. The lowest BCUT2D eigenvalue weighted by Gasteiger charge is -2.37. The summed E-state index contributed by atoms with van der Waals surface area (Å²) >= 11 is 0. The topological polar surface area (TPSA) is 6.48 Å². The van der Waals surface area contributed by atoms with Crippen LogP contribution in [0.2, 0.25) is 0 Å². The fraction of sp³-hybridized carbons (Fsp3) is 0.0145. The van der Waals surface area contributed by atoms with Gasteiger partial charge in [0.05, 0.1) is 16.8 Å². The molecule has 0 radical (unpaired) electrons. The smallest absolute Gasteiger partial charge is 0.0732 e. The summed E-state index contributed by atoms with van der Waals surface area (Å²) in [5, 5.41) is 5.12. The summed E-state index contributed by atoms with van der Waals surface area (Å²) in [7, 11) is 0. The summed E-state index contributed by atoms with van der Waals surface area (Å²) in [5.74, 6) is 0. The summed E-state index contributed by atoms with van der Waals surface area (Å²) in [6.07, 6.45) is 0. The van der Waals surface area contributed by atoms with Gasteiger partial charge >= 0.3 is 0 Å². The number of para-hydroxylation sites is 4. The molecule has 1 aliphatic heterocycles. The van der Waals surface area contributed by atoms with Crippen LogP contribution >= 0.6 is 0 Å². The van der Waals surface area contributed by atoms with Crippen LogP contribution in [0.5, 0.6) is 0 Å². The lowest BCUT2D eigenvalue weighted by molar-refractivity contribution is 0.783. The van der Waals surface area contributed by atoms with Gasteiger partial charge in [0.1, 0.15) is 0 Å². The van der Waals surface area contributed by atoms with E-state index in [1.807, 2.05) is 0 Å². The molecule has 12 aromatic carbocycles. The quantitative estimate of drug-likeness (QED) is 0.162. The summed E-state index contributed by atoms with van der Waals surface area (Å²) in [6, 6.07) is 99.6. The Labute approximate surface area is 413 Å². The van der Waals surface area contributed by atoms with Crippen molar-refractivity contribution in [2.24, 2.45) is 0 Å². The number of rotatable bonds is 4. The molecule has 12 aromatic rings. The van der Waals surface area contributed by atoms with Crippen molar-refractivity contribution in [2.45, 2.75) is 5.41 Å². The van der Waals surface area contributed by atoms with E-state index in [2.05, 4.69) is 277 Å². The first kappa shape index (κ1) is 39.7. The van der Waals surface area contributed by atoms with E-state index in [0.717, 1.165) is 34.1 Å². The van der Waals surface area contributed by atoms with Crippen LogP contribution in [0, 0.1) is 0 Å². The minimum absolute atomic E-state index is 0.698. The molecule has 2 heteroatoms. The Hall–Kier alpha value is -9.24. The fourth-order valence-electron chi connectivity index (χ4n) is 12.8. The van der Waals surface area contributed by atoms with E-state index in [1.165, 1.54) is 99.4 Å². The number of hydrogen-bond donors (Lipinski definition) is 0. The Balaban J connectivity index is 1.05. The van der Waals surface area contributed by atoms with Crippen molar-refractivity contribution >= 4 is 55.7 Å². The lowest BCUT2D eigenvalue weighted by atomic mass is 9.64. The zero-order valence-corrected chi connectivity index (χ0v) is 38.8. The maximum absolute atomic E-state index is 2.54. The molecule has 0 amide bonds. The number of nitrogens with zero attached hydrogens (tertiary/aromatic N) is 2. The van der Waals surface area contributed by atoms with Crippen LogP contribution in [0.4, 0.5) is 34.1 Å². The molecule has 330 valence electrons. The predicted octanol–water partition coefficient (Wildman–Crippen LogP) is 18.6. The highest BCUT2D eigenvalue weighted by Crippen LogP contribution is 2.65. The molecule has 3 aliphatic rings. The molecule has 2 aliphatic carbocycles. The monoisotopic (exact) mass is 900 g/mol. The molecule has 0 saturated carbocycles. The van der Waals surface area contributed by atoms with E-state index < -0.39 is 5.41 Å². The van der Waals surface area contributed by atoms with Crippen molar-refractivity contribution in [2.75, 3.05) is 9.80 Å². The zero-order valence-electron chi connectivity index (χ0n) is 38.8. The highest BCUT2D eigenvalue weighted by atomic mass is 15.2. The Morgan fingerprint density at radius 1 is 0.268 bits per heavy atom. The fourth-order valence-corrected chi connectivity index (χ4v) is 12.8. The van der Waals surface area contributed by atoms with Gasteiger partial charge in [0.15, 0.2) is 0 Å². The summed E-state index contributed by atoms with van der Waals surface area (Å²) < 4.78 is 0. The van der Waals surface area contributed by atoms with Crippen molar-refractivity contribution in [1.29, 1.82) is 0 Å². The van der Waals surface area contributed by atoms with Gasteiger partial charge in [-0.05, 0) is 149 Å². The van der Waals surface area contributed by atoms with Crippen LogP contribution in [-0.4, -0.2) is 0 Å². The Bertz CT molecular complexity index is 4130. The molecule has 71 heavy (non-hydrogen) atoms. The van der Waals surface area contributed by atoms with Gasteiger partial charge in [-0.1, -0.05) is 206 Å². The number of benzene rings is 12. The number of fused-ring (bicyclic) bond motifs is 22. The second-order valence-corrected chi connectivity index (χ2v) is 19.1. The van der Waals surface area contributed by atoms with Gasteiger partial charge in [0.2, 0.25) is 0 Å². The van der Waals surface area contributed by atoms with E-state index in [1.54, 1.807) is 0 Å². The lowest BCUT2D eigenvalue weighted by Crippen LogP contribution is -2.30. The Morgan fingerprint density at radius 3 is 1.38 bits per heavy atom. The van der Waals surface area contributed by atoms with Crippen molar-refractivity contribution < 1.29 is 0 Å². The molecule has 1 unspecified atom stereocenters. The SMILES string of the molecule is c1ccc(N(c2ccc3c(c2)-c2ccccc2N(c2ccccc2)c2ccccc2-3)c2ccc3c(c2)C2(c4ccccc4-c4ccccc4-3)c3ccccc3-c3c2c2ccccc2c2ccccc32)cc1.